The van der Waals surface area contributed by atoms with Crippen molar-refractivity contribution < 1.29 is 17.6 Å². The van der Waals surface area contributed by atoms with Crippen molar-refractivity contribution in [2.75, 3.05) is 5.32 Å². The van der Waals surface area contributed by atoms with Crippen LogP contribution in [0.25, 0.3) is 11.4 Å². The van der Waals surface area contributed by atoms with Gasteiger partial charge in [0, 0.05) is 27.0 Å². The number of nitrogens with one attached hydrogen (secondary N) is 1. The summed E-state index contributed by atoms with van der Waals surface area (Å²) in [6, 6.07) is 16.3. The van der Waals surface area contributed by atoms with E-state index in [4.69, 9.17) is 0 Å². The lowest BCUT2D eigenvalue weighted by Gasteiger charge is -2.13. The van der Waals surface area contributed by atoms with Crippen LogP contribution in [0.2, 0.25) is 0 Å². The second kappa shape index (κ2) is 8.46. The molecule has 31 heavy (non-hydrogen) atoms. The highest BCUT2D eigenvalue weighted by atomic mass is 79.9. The first-order valence-electron chi connectivity index (χ1n) is 9.05. The molecule has 0 saturated carbocycles. The SMILES string of the molecule is Fc1ccccc1Cn1nnc(-c2cc(Br)ccc2Nc2cccc(C(F)(F)F)c2)n1. The molecule has 1 N–H and O–H groups in total. The van der Waals surface area contributed by atoms with E-state index in [1.54, 1.807) is 36.4 Å². The zero-order chi connectivity index (χ0) is 22.0. The zero-order valence-corrected chi connectivity index (χ0v) is 17.3. The molecule has 0 spiro atoms. The van der Waals surface area contributed by atoms with Crippen LogP contribution < -0.4 is 5.32 Å². The Morgan fingerprint density at radius 2 is 1.77 bits per heavy atom. The first-order valence-corrected chi connectivity index (χ1v) is 9.84. The minimum Gasteiger partial charge on any atom is -0.355 e. The van der Waals surface area contributed by atoms with E-state index in [9.17, 15) is 17.6 Å². The monoisotopic (exact) mass is 491 g/mol. The average Bonchev–Trinajstić information content (AvgIpc) is 3.19. The maximum absolute atomic E-state index is 13.9. The molecule has 158 valence electrons. The maximum Gasteiger partial charge on any atom is 0.416 e. The Balaban J connectivity index is 1.64. The van der Waals surface area contributed by atoms with E-state index in [2.05, 4.69) is 36.7 Å². The molecule has 1 aromatic heterocycles. The normalized spacial score (nSPS) is 11.5. The third-order valence-corrected chi connectivity index (χ3v) is 4.91. The van der Waals surface area contributed by atoms with E-state index >= 15 is 0 Å². The Morgan fingerprint density at radius 1 is 0.968 bits per heavy atom. The molecular formula is C21H14BrF4N5. The fourth-order valence-electron chi connectivity index (χ4n) is 2.94. The molecule has 0 aliphatic carbocycles. The number of hydrogen-bond acceptors (Lipinski definition) is 4. The van der Waals surface area contributed by atoms with Gasteiger partial charge in [-0.25, -0.2) is 4.39 Å². The van der Waals surface area contributed by atoms with Crippen LogP contribution in [0, 0.1) is 5.82 Å². The van der Waals surface area contributed by atoms with Gasteiger partial charge in [-0.05, 0) is 47.7 Å². The van der Waals surface area contributed by atoms with Gasteiger partial charge in [0.05, 0.1) is 12.1 Å². The molecule has 0 radical (unpaired) electrons. The summed E-state index contributed by atoms with van der Waals surface area (Å²) in [7, 11) is 0. The number of tetrazole rings is 1. The number of nitrogens with zero attached hydrogens (tertiary/aromatic N) is 4. The molecule has 5 nitrogen and oxygen atoms in total. The molecular weight excluding hydrogens is 478 g/mol. The minimum atomic E-state index is -4.45. The molecule has 1 heterocycles. The van der Waals surface area contributed by atoms with Crippen molar-refractivity contribution in [3.05, 3.63) is 88.1 Å². The van der Waals surface area contributed by atoms with Gasteiger partial charge in [-0.2, -0.15) is 18.0 Å². The molecule has 0 saturated heterocycles. The van der Waals surface area contributed by atoms with Gasteiger partial charge < -0.3 is 5.32 Å². The van der Waals surface area contributed by atoms with Gasteiger partial charge >= 0.3 is 6.18 Å². The summed E-state index contributed by atoms with van der Waals surface area (Å²) < 4.78 is 53.7. The van der Waals surface area contributed by atoms with Crippen LogP contribution in [-0.4, -0.2) is 20.2 Å². The van der Waals surface area contributed by atoms with Crippen molar-refractivity contribution in [2.24, 2.45) is 0 Å². The number of aromatic nitrogens is 4. The second-order valence-electron chi connectivity index (χ2n) is 6.63. The van der Waals surface area contributed by atoms with Gasteiger partial charge in [0.25, 0.3) is 0 Å². The highest BCUT2D eigenvalue weighted by Gasteiger charge is 2.30. The van der Waals surface area contributed by atoms with Gasteiger partial charge in [-0.15, -0.1) is 10.2 Å². The highest BCUT2D eigenvalue weighted by Crippen LogP contribution is 2.34. The van der Waals surface area contributed by atoms with Crippen LogP contribution in [0.4, 0.5) is 28.9 Å². The predicted molar refractivity (Wildman–Crippen MR) is 111 cm³/mol. The number of hydrogen-bond donors (Lipinski definition) is 1. The van der Waals surface area contributed by atoms with Crippen LogP contribution in [-0.2, 0) is 12.7 Å². The molecule has 0 bridgehead atoms. The van der Waals surface area contributed by atoms with Gasteiger partial charge in [-0.3, -0.25) is 0 Å². The van der Waals surface area contributed by atoms with Crippen LogP contribution in [0.1, 0.15) is 11.1 Å². The topological polar surface area (TPSA) is 55.6 Å². The molecule has 4 rings (SSSR count). The van der Waals surface area contributed by atoms with E-state index in [0.29, 0.717) is 16.8 Å². The largest absolute Gasteiger partial charge is 0.416 e. The third kappa shape index (κ3) is 4.91. The fraction of sp³-hybridized carbons (Fsp3) is 0.0952. The van der Waals surface area contributed by atoms with E-state index < -0.39 is 11.7 Å². The van der Waals surface area contributed by atoms with Gasteiger partial charge in [0.2, 0.25) is 5.82 Å². The lowest BCUT2D eigenvalue weighted by Crippen LogP contribution is -2.06. The molecule has 0 unspecified atom stereocenters. The lowest BCUT2D eigenvalue weighted by molar-refractivity contribution is -0.137. The molecule has 4 aromatic rings. The summed E-state index contributed by atoms with van der Waals surface area (Å²) in [6.45, 7) is 0.0874. The highest BCUT2D eigenvalue weighted by molar-refractivity contribution is 9.10. The summed E-state index contributed by atoms with van der Waals surface area (Å²) in [6.07, 6.45) is -4.45. The second-order valence-corrected chi connectivity index (χ2v) is 7.54. The quantitative estimate of drug-likeness (QED) is 0.345. The number of rotatable bonds is 5. The van der Waals surface area contributed by atoms with E-state index in [-0.39, 0.29) is 23.9 Å². The number of anilines is 2. The maximum atomic E-state index is 13.9. The van der Waals surface area contributed by atoms with E-state index in [0.717, 1.165) is 16.6 Å². The molecule has 0 aliphatic heterocycles. The van der Waals surface area contributed by atoms with Crippen molar-refractivity contribution in [3.8, 4) is 11.4 Å². The van der Waals surface area contributed by atoms with Crippen molar-refractivity contribution in [2.45, 2.75) is 12.7 Å². The van der Waals surface area contributed by atoms with E-state index in [1.165, 1.54) is 23.0 Å². The smallest absolute Gasteiger partial charge is 0.355 e. The van der Waals surface area contributed by atoms with Crippen LogP contribution in [0.5, 0.6) is 0 Å². The number of benzene rings is 3. The van der Waals surface area contributed by atoms with Gasteiger partial charge in [0.15, 0.2) is 0 Å². The predicted octanol–water partition coefficient (Wildman–Crippen LogP) is 6.05. The van der Waals surface area contributed by atoms with Crippen LogP contribution >= 0.6 is 15.9 Å². The Kier molecular flexibility index (Phi) is 5.73. The van der Waals surface area contributed by atoms with Crippen molar-refractivity contribution in [1.29, 1.82) is 0 Å². The summed E-state index contributed by atoms with van der Waals surface area (Å²) >= 11 is 3.38. The average molecular weight is 492 g/mol. The van der Waals surface area contributed by atoms with Crippen LogP contribution in [0.3, 0.4) is 0 Å². The van der Waals surface area contributed by atoms with Crippen molar-refractivity contribution in [1.82, 2.24) is 20.2 Å². The number of alkyl halides is 3. The molecule has 0 aliphatic rings. The number of halogens is 5. The summed E-state index contributed by atoms with van der Waals surface area (Å²) in [5.41, 5.74) is 0.921. The molecule has 0 atom stereocenters. The summed E-state index contributed by atoms with van der Waals surface area (Å²) in [4.78, 5) is 1.25. The van der Waals surface area contributed by atoms with Crippen LogP contribution in [0.15, 0.2) is 71.2 Å². The Hall–Kier alpha value is -3.27. The Labute approximate surface area is 182 Å². The van der Waals surface area contributed by atoms with Gasteiger partial charge in [0.1, 0.15) is 5.82 Å². The molecule has 10 heteroatoms. The molecule has 0 fully saturated rings. The molecule has 3 aromatic carbocycles. The Morgan fingerprint density at radius 3 is 2.55 bits per heavy atom. The fourth-order valence-corrected chi connectivity index (χ4v) is 3.30. The first-order chi connectivity index (χ1) is 14.8. The van der Waals surface area contributed by atoms with Crippen molar-refractivity contribution >= 4 is 27.3 Å². The minimum absolute atomic E-state index is 0.0874. The Bertz CT molecular complexity index is 1220. The van der Waals surface area contributed by atoms with Crippen molar-refractivity contribution in [3.63, 3.8) is 0 Å². The first kappa shape index (κ1) is 21.0. The van der Waals surface area contributed by atoms with E-state index in [1.807, 2.05) is 0 Å². The van der Waals surface area contributed by atoms with Gasteiger partial charge in [-0.1, -0.05) is 40.2 Å². The molecule has 0 amide bonds. The standard InChI is InChI=1S/C21H14BrF4N5/c22-15-8-9-19(27-16-6-3-5-14(10-16)21(24,25)26)17(11-15)20-28-30-31(29-20)12-13-4-1-2-7-18(13)23/h1-11,27H,12H2. The zero-order valence-electron chi connectivity index (χ0n) is 15.7. The summed E-state index contributed by atoms with van der Waals surface area (Å²) in [5.74, 6) is -0.136. The summed E-state index contributed by atoms with van der Waals surface area (Å²) in [5, 5.41) is 15.3. The third-order valence-electron chi connectivity index (χ3n) is 4.41. The lowest BCUT2D eigenvalue weighted by atomic mass is 10.1.